The summed E-state index contributed by atoms with van der Waals surface area (Å²) in [5.41, 5.74) is 5.88. The highest BCUT2D eigenvalue weighted by atomic mass is 16.5. The van der Waals surface area contributed by atoms with Crippen LogP contribution >= 0.6 is 0 Å². The SMILES string of the molecule is Cc1cc(Nc2ncnc3cnc(-c4cccnc4)nc23)ccc1Oc1ccc2c(c1)ncn2C. The van der Waals surface area contributed by atoms with Crippen molar-refractivity contribution in [3.63, 3.8) is 0 Å². The van der Waals surface area contributed by atoms with Crippen molar-refractivity contribution in [1.82, 2.24) is 34.5 Å². The maximum Gasteiger partial charge on any atom is 0.161 e. The maximum absolute atomic E-state index is 6.14. The average molecular weight is 461 g/mol. The number of hydrogen-bond donors (Lipinski definition) is 1. The molecule has 35 heavy (non-hydrogen) atoms. The molecule has 2 aromatic carbocycles. The fraction of sp³-hybridized carbons (Fsp3) is 0.0769. The number of fused-ring (bicyclic) bond motifs is 2. The van der Waals surface area contributed by atoms with Gasteiger partial charge in [-0.1, -0.05) is 0 Å². The lowest BCUT2D eigenvalue weighted by Gasteiger charge is -2.12. The van der Waals surface area contributed by atoms with Gasteiger partial charge in [-0.25, -0.2) is 24.9 Å². The summed E-state index contributed by atoms with van der Waals surface area (Å²) in [5.74, 6) is 2.66. The van der Waals surface area contributed by atoms with Gasteiger partial charge >= 0.3 is 0 Å². The molecule has 0 bridgehead atoms. The van der Waals surface area contributed by atoms with Crippen molar-refractivity contribution >= 4 is 33.6 Å². The minimum absolute atomic E-state index is 0.563. The van der Waals surface area contributed by atoms with Gasteiger partial charge in [0.15, 0.2) is 11.6 Å². The molecule has 6 aromatic rings. The third kappa shape index (κ3) is 3.99. The fourth-order valence-electron chi connectivity index (χ4n) is 3.86. The topological polar surface area (TPSA) is 104 Å². The van der Waals surface area contributed by atoms with Crippen LogP contribution in [0.2, 0.25) is 0 Å². The number of imidazole rings is 1. The second kappa shape index (κ2) is 8.45. The maximum atomic E-state index is 6.14. The molecule has 0 unspecified atom stereocenters. The summed E-state index contributed by atoms with van der Waals surface area (Å²) in [6.07, 6.45) is 8.43. The van der Waals surface area contributed by atoms with E-state index in [1.54, 1.807) is 24.9 Å². The third-order valence-corrected chi connectivity index (χ3v) is 5.66. The molecule has 0 saturated carbocycles. The van der Waals surface area contributed by atoms with Crippen molar-refractivity contribution in [2.75, 3.05) is 5.32 Å². The first-order valence-corrected chi connectivity index (χ1v) is 11.0. The number of benzene rings is 2. The number of ether oxygens (including phenoxy) is 1. The standard InChI is InChI=1S/C26H20N8O/c1-16-10-18(5-8-23(16)35-19-6-7-22-20(11-19)31-15-34(22)2)32-26-24-21(29-14-30-26)13-28-25(33-24)17-4-3-9-27-12-17/h3-15H,1-2H3,(H,29,30,32). The van der Waals surface area contributed by atoms with E-state index in [0.717, 1.165) is 39.3 Å². The Bertz CT molecular complexity index is 1680. The van der Waals surface area contributed by atoms with Gasteiger partial charge in [0.05, 0.1) is 23.6 Å². The van der Waals surface area contributed by atoms with E-state index >= 15 is 0 Å². The Morgan fingerprint density at radius 2 is 1.86 bits per heavy atom. The second-order valence-corrected chi connectivity index (χ2v) is 8.10. The van der Waals surface area contributed by atoms with Crippen LogP contribution in [-0.4, -0.2) is 34.5 Å². The Labute approximate surface area is 200 Å². The minimum atomic E-state index is 0.563. The number of pyridine rings is 1. The smallest absolute Gasteiger partial charge is 0.161 e. The van der Waals surface area contributed by atoms with E-state index in [1.165, 1.54) is 6.33 Å². The molecule has 0 aliphatic carbocycles. The molecule has 1 N–H and O–H groups in total. The van der Waals surface area contributed by atoms with Crippen molar-refractivity contribution in [2.24, 2.45) is 7.05 Å². The molecule has 4 heterocycles. The highest BCUT2D eigenvalue weighted by Gasteiger charge is 2.11. The van der Waals surface area contributed by atoms with E-state index in [-0.39, 0.29) is 0 Å². The molecule has 0 radical (unpaired) electrons. The lowest BCUT2D eigenvalue weighted by atomic mass is 10.2. The van der Waals surface area contributed by atoms with E-state index in [0.29, 0.717) is 22.7 Å². The Morgan fingerprint density at radius 1 is 0.914 bits per heavy atom. The highest BCUT2D eigenvalue weighted by Crippen LogP contribution is 2.31. The summed E-state index contributed by atoms with van der Waals surface area (Å²) in [5, 5.41) is 3.36. The van der Waals surface area contributed by atoms with Crippen LogP contribution in [0.25, 0.3) is 33.5 Å². The monoisotopic (exact) mass is 460 g/mol. The van der Waals surface area contributed by atoms with Gasteiger partial charge in [0.2, 0.25) is 0 Å². The first-order chi connectivity index (χ1) is 17.1. The van der Waals surface area contributed by atoms with Gasteiger partial charge < -0.3 is 14.6 Å². The summed E-state index contributed by atoms with van der Waals surface area (Å²) >= 11 is 0. The molecule has 0 saturated heterocycles. The molecular weight excluding hydrogens is 440 g/mol. The molecule has 0 atom stereocenters. The van der Waals surface area contributed by atoms with Crippen LogP contribution in [0.4, 0.5) is 11.5 Å². The zero-order chi connectivity index (χ0) is 23.8. The van der Waals surface area contributed by atoms with Crippen molar-refractivity contribution in [3.05, 3.63) is 85.3 Å². The van der Waals surface area contributed by atoms with Gasteiger partial charge in [0, 0.05) is 36.8 Å². The van der Waals surface area contributed by atoms with E-state index in [4.69, 9.17) is 9.72 Å². The largest absolute Gasteiger partial charge is 0.457 e. The summed E-state index contributed by atoms with van der Waals surface area (Å²) in [7, 11) is 1.97. The molecule has 9 heteroatoms. The van der Waals surface area contributed by atoms with Gasteiger partial charge in [-0.2, -0.15) is 0 Å². The number of nitrogens with one attached hydrogen (secondary N) is 1. The molecule has 6 rings (SSSR count). The fourth-order valence-corrected chi connectivity index (χ4v) is 3.86. The Morgan fingerprint density at radius 3 is 2.71 bits per heavy atom. The Balaban J connectivity index is 1.28. The normalized spacial score (nSPS) is 11.1. The molecule has 0 aliphatic rings. The van der Waals surface area contributed by atoms with Crippen LogP contribution in [-0.2, 0) is 7.05 Å². The van der Waals surface area contributed by atoms with Crippen molar-refractivity contribution in [1.29, 1.82) is 0 Å². The molecule has 4 aromatic heterocycles. The zero-order valence-electron chi connectivity index (χ0n) is 19.0. The summed E-state index contributed by atoms with van der Waals surface area (Å²) in [6.45, 7) is 2.00. The second-order valence-electron chi connectivity index (χ2n) is 8.10. The Hall–Kier alpha value is -4.92. The summed E-state index contributed by atoms with van der Waals surface area (Å²) < 4.78 is 8.12. The number of aryl methyl sites for hydroxylation is 2. The van der Waals surface area contributed by atoms with Crippen LogP contribution in [0.5, 0.6) is 11.5 Å². The van der Waals surface area contributed by atoms with Crippen LogP contribution < -0.4 is 10.1 Å². The molecule has 0 amide bonds. The van der Waals surface area contributed by atoms with Crippen molar-refractivity contribution < 1.29 is 4.74 Å². The quantitative estimate of drug-likeness (QED) is 0.374. The van der Waals surface area contributed by atoms with Gasteiger partial charge in [-0.05, 0) is 55.0 Å². The number of anilines is 2. The van der Waals surface area contributed by atoms with Gasteiger partial charge in [0.1, 0.15) is 28.9 Å². The molecule has 9 nitrogen and oxygen atoms in total. The minimum Gasteiger partial charge on any atom is -0.457 e. The van der Waals surface area contributed by atoms with Crippen LogP contribution in [0.3, 0.4) is 0 Å². The molecule has 0 aliphatic heterocycles. The van der Waals surface area contributed by atoms with Crippen molar-refractivity contribution in [2.45, 2.75) is 6.92 Å². The molecule has 0 spiro atoms. The lowest BCUT2D eigenvalue weighted by molar-refractivity contribution is 0.479. The molecule has 170 valence electrons. The number of rotatable bonds is 5. The average Bonchev–Trinajstić information content (AvgIpc) is 3.26. The van der Waals surface area contributed by atoms with Crippen LogP contribution in [0.1, 0.15) is 5.56 Å². The highest BCUT2D eigenvalue weighted by molar-refractivity contribution is 5.87. The van der Waals surface area contributed by atoms with Gasteiger partial charge in [0.25, 0.3) is 0 Å². The number of aromatic nitrogens is 7. The van der Waals surface area contributed by atoms with E-state index < -0.39 is 0 Å². The third-order valence-electron chi connectivity index (χ3n) is 5.66. The van der Waals surface area contributed by atoms with E-state index in [1.807, 2.05) is 67.1 Å². The predicted octanol–water partition coefficient (Wildman–Crippen LogP) is 5.21. The van der Waals surface area contributed by atoms with Crippen LogP contribution in [0.15, 0.2) is 79.8 Å². The predicted molar refractivity (Wildman–Crippen MR) is 134 cm³/mol. The van der Waals surface area contributed by atoms with Gasteiger partial charge in [-0.15, -0.1) is 0 Å². The molecule has 0 fully saturated rings. The van der Waals surface area contributed by atoms with E-state index in [2.05, 4.69) is 30.2 Å². The number of hydrogen-bond acceptors (Lipinski definition) is 8. The zero-order valence-corrected chi connectivity index (χ0v) is 19.0. The van der Waals surface area contributed by atoms with E-state index in [9.17, 15) is 0 Å². The molecular formula is C26H20N8O. The van der Waals surface area contributed by atoms with Crippen LogP contribution in [0, 0.1) is 6.92 Å². The Kier molecular flexibility index (Phi) is 4.99. The van der Waals surface area contributed by atoms with Gasteiger partial charge in [-0.3, -0.25) is 4.98 Å². The first kappa shape index (κ1) is 20.7. The summed E-state index contributed by atoms with van der Waals surface area (Å²) in [6, 6.07) is 15.5. The first-order valence-electron chi connectivity index (χ1n) is 11.0. The summed E-state index contributed by atoms with van der Waals surface area (Å²) in [4.78, 5) is 26.4. The lowest BCUT2D eigenvalue weighted by Crippen LogP contribution is -2.00. The van der Waals surface area contributed by atoms with Crippen molar-refractivity contribution in [3.8, 4) is 22.9 Å². The number of nitrogens with zero attached hydrogens (tertiary/aromatic N) is 7.